The molecule has 0 unspecified atom stereocenters. The number of aromatic amines is 1. The number of ether oxygens (including phenoxy) is 1. The van der Waals surface area contributed by atoms with Crippen LogP contribution in [0.15, 0.2) is 41.1 Å². The van der Waals surface area contributed by atoms with Crippen LogP contribution in [0.1, 0.15) is 13.8 Å². The molecule has 0 amide bonds. The fourth-order valence-corrected chi connectivity index (χ4v) is 2.23. The molecule has 0 aliphatic heterocycles. The number of rotatable bonds is 6. The first-order chi connectivity index (χ1) is 9.71. The zero-order valence-electron chi connectivity index (χ0n) is 11.8. The van der Waals surface area contributed by atoms with E-state index in [-0.39, 0.29) is 0 Å². The standard InChI is InChI=1S/C14H18N4OS/c1-4-10(2)9-20-14-16-13(17-18-14)15-11-5-7-12(19-3)8-6-11/h4-8H,9H2,1-3H3,(H2,15,16,17,18). The largest absolute Gasteiger partial charge is 0.497 e. The van der Waals surface area contributed by atoms with Crippen LogP contribution in [0.2, 0.25) is 0 Å². The van der Waals surface area contributed by atoms with Crippen molar-refractivity contribution < 1.29 is 4.74 Å². The number of hydrogen-bond donors (Lipinski definition) is 2. The molecule has 0 saturated carbocycles. The van der Waals surface area contributed by atoms with E-state index in [2.05, 4.69) is 33.5 Å². The minimum atomic E-state index is 0.635. The first kappa shape index (κ1) is 14.5. The van der Waals surface area contributed by atoms with E-state index in [0.717, 1.165) is 22.3 Å². The van der Waals surface area contributed by atoms with Crippen LogP contribution in [0.3, 0.4) is 0 Å². The van der Waals surface area contributed by atoms with Gasteiger partial charge in [-0.05, 0) is 38.1 Å². The zero-order valence-corrected chi connectivity index (χ0v) is 12.6. The number of benzene rings is 1. The van der Waals surface area contributed by atoms with Crippen LogP contribution in [0.25, 0.3) is 0 Å². The highest BCUT2D eigenvalue weighted by Crippen LogP contribution is 2.20. The van der Waals surface area contributed by atoms with Gasteiger partial charge in [-0.3, -0.25) is 0 Å². The van der Waals surface area contributed by atoms with Crippen LogP contribution in [-0.4, -0.2) is 28.0 Å². The first-order valence-corrected chi connectivity index (χ1v) is 7.28. The summed E-state index contributed by atoms with van der Waals surface area (Å²) in [6.07, 6.45) is 2.09. The highest BCUT2D eigenvalue weighted by molar-refractivity contribution is 7.99. The molecule has 2 N–H and O–H groups in total. The topological polar surface area (TPSA) is 62.8 Å². The smallest absolute Gasteiger partial charge is 0.223 e. The fourth-order valence-electron chi connectivity index (χ4n) is 1.44. The van der Waals surface area contributed by atoms with Crippen molar-refractivity contribution in [2.45, 2.75) is 19.0 Å². The van der Waals surface area contributed by atoms with Gasteiger partial charge in [-0.2, -0.15) is 4.98 Å². The van der Waals surface area contributed by atoms with Crippen molar-refractivity contribution in [2.75, 3.05) is 18.2 Å². The van der Waals surface area contributed by atoms with Gasteiger partial charge in [0.25, 0.3) is 0 Å². The predicted molar refractivity (Wildman–Crippen MR) is 82.8 cm³/mol. The van der Waals surface area contributed by atoms with Crippen LogP contribution in [0.4, 0.5) is 11.6 Å². The van der Waals surface area contributed by atoms with Crippen molar-refractivity contribution in [3.63, 3.8) is 0 Å². The number of anilines is 2. The molecule has 1 aromatic heterocycles. The molecule has 2 rings (SSSR count). The van der Waals surface area contributed by atoms with Gasteiger partial charge < -0.3 is 10.1 Å². The van der Waals surface area contributed by atoms with Crippen LogP contribution >= 0.6 is 11.8 Å². The van der Waals surface area contributed by atoms with Gasteiger partial charge >= 0.3 is 0 Å². The second-order valence-corrected chi connectivity index (χ2v) is 5.19. The van der Waals surface area contributed by atoms with E-state index in [9.17, 15) is 0 Å². The van der Waals surface area contributed by atoms with Gasteiger partial charge in [0.1, 0.15) is 5.75 Å². The Hall–Kier alpha value is -1.95. The molecule has 106 valence electrons. The molecule has 0 fully saturated rings. The summed E-state index contributed by atoms with van der Waals surface area (Å²) in [5.74, 6) is 2.36. The van der Waals surface area contributed by atoms with Crippen molar-refractivity contribution in [3.8, 4) is 5.75 Å². The summed E-state index contributed by atoms with van der Waals surface area (Å²) in [5, 5.41) is 10.9. The molecule has 0 spiro atoms. The van der Waals surface area contributed by atoms with Gasteiger partial charge in [0.05, 0.1) is 7.11 Å². The van der Waals surface area contributed by atoms with E-state index >= 15 is 0 Å². The number of methoxy groups -OCH3 is 1. The Morgan fingerprint density at radius 1 is 1.40 bits per heavy atom. The van der Waals surface area contributed by atoms with E-state index in [1.54, 1.807) is 18.9 Å². The van der Waals surface area contributed by atoms with Crippen molar-refractivity contribution in [1.29, 1.82) is 0 Å². The molecule has 0 radical (unpaired) electrons. The van der Waals surface area contributed by atoms with Crippen LogP contribution < -0.4 is 10.1 Å². The SMILES string of the molecule is CC=C(C)CSc1n[nH]c(Nc2ccc(OC)cc2)n1. The summed E-state index contributed by atoms with van der Waals surface area (Å²) >= 11 is 1.61. The summed E-state index contributed by atoms with van der Waals surface area (Å²) < 4.78 is 5.12. The maximum atomic E-state index is 5.12. The van der Waals surface area contributed by atoms with Crippen LogP contribution in [-0.2, 0) is 0 Å². The lowest BCUT2D eigenvalue weighted by Gasteiger charge is -2.03. The normalized spacial score (nSPS) is 11.4. The zero-order chi connectivity index (χ0) is 14.4. The fraction of sp³-hybridized carbons (Fsp3) is 0.286. The molecule has 0 atom stereocenters. The first-order valence-electron chi connectivity index (χ1n) is 6.29. The lowest BCUT2D eigenvalue weighted by atomic mass is 10.3. The van der Waals surface area contributed by atoms with Gasteiger partial charge in [0, 0.05) is 11.4 Å². The number of thioether (sulfide) groups is 1. The minimum absolute atomic E-state index is 0.635. The van der Waals surface area contributed by atoms with E-state index in [4.69, 9.17) is 4.74 Å². The molecule has 0 aliphatic carbocycles. The summed E-state index contributed by atoms with van der Waals surface area (Å²) in [4.78, 5) is 4.38. The maximum absolute atomic E-state index is 5.12. The third-order valence-corrected chi connectivity index (χ3v) is 3.78. The number of aromatic nitrogens is 3. The summed E-state index contributed by atoms with van der Waals surface area (Å²) in [5.41, 5.74) is 2.24. The Labute approximate surface area is 122 Å². The van der Waals surface area contributed by atoms with Crippen LogP contribution in [0, 0.1) is 0 Å². The quantitative estimate of drug-likeness (QED) is 0.628. The maximum Gasteiger partial charge on any atom is 0.223 e. The molecule has 2 aromatic rings. The number of nitrogens with one attached hydrogen (secondary N) is 2. The lowest BCUT2D eigenvalue weighted by Crippen LogP contribution is -1.92. The lowest BCUT2D eigenvalue weighted by molar-refractivity contribution is 0.415. The second-order valence-electron chi connectivity index (χ2n) is 4.24. The number of H-pyrrole nitrogens is 1. The molecule has 1 aromatic carbocycles. The summed E-state index contributed by atoms with van der Waals surface area (Å²) in [7, 11) is 1.65. The van der Waals surface area contributed by atoms with Gasteiger partial charge in [-0.15, -0.1) is 5.10 Å². The summed E-state index contributed by atoms with van der Waals surface area (Å²) in [6.45, 7) is 4.13. The molecule has 0 saturated heterocycles. The monoisotopic (exact) mass is 290 g/mol. The molecular weight excluding hydrogens is 272 g/mol. The predicted octanol–water partition coefficient (Wildman–Crippen LogP) is 3.62. The second kappa shape index (κ2) is 7.00. The summed E-state index contributed by atoms with van der Waals surface area (Å²) in [6, 6.07) is 7.64. The highest BCUT2D eigenvalue weighted by atomic mass is 32.2. The van der Waals surface area contributed by atoms with Gasteiger partial charge in [0.2, 0.25) is 11.1 Å². The van der Waals surface area contributed by atoms with Crippen molar-refractivity contribution in [2.24, 2.45) is 0 Å². The number of hydrogen-bond acceptors (Lipinski definition) is 5. The van der Waals surface area contributed by atoms with Gasteiger partial charge in [-0.1, -0.05) is 23.4 Å². The molecular formula is C14H18N4OS. The van der Waals surface area contributed by atoms with Crippen molar-refractivity contribution in [1.82, 2.24) is 15.2 Å². The Morgan fingerprint density at radius 3 is 2.80 bits per heavy atom. The molecule has 20 heavy (non-hydrogen) atoms. The average molecular weight is 290 g/mol. The Morgan fingerprint density at radius 2 is 2.15 bits per heavy atom. The van der Waals surface area contributed by atoms with E-state index in [1.807, 2.05) is 31.2 Å². The molecule has 6 heteroatoms. The average Bonchev–Trinajstić information content (AvgIpc) is 2.93. The van der Waals surface area contributed by atoms with E-state index in [0.29, 0.717) is 5.95 Å². The molecule has 0 aliphatic rings. The van der Waals surface area contributed by atoms with Gasteiger partial charge in [0.15, 0.2) is 0 Å². The highest BCUT2D eigenvalue weighted by Gasteiger charge is 2.04. The number of allylic oxidation sites excluding steroid dienone is 1. The molecule has 5 nitrogen and oxygen atoms in total. The van der Waals surface area contributed by atoms with Gasteiger partial charge in [-0.25, -0.2) is 5.10 Å². The minimum Gasteiger partial charge on any atom is -0.497 e. The number of nitrogens with zero attached hydrogens (tertiary/aromatic N) is 2. The molecule has 1 heterocycles. The van der Waals surface area contributed by atoms with E-state index < -0.39 is 0 Å². The van der Waals surface area contributed by atoms with Crippen molar-refractivity contribution >= 4 is 23.4 Å². The Kier molecular flexibility index (Phi) is 5.06. The molecule has 0 bridgehead atoms. The van der Waals surface area contributed by atoms with Crippen molar-refractivity contribution in [3.05, 3.63) is 35.9 Å². The Bertz CT molecular complexity index is 577. The van der Waals surface area contributed by atoms with Crippen LogP contribution in [0.5, 0.6) is 5.75 Å². The van der Waals surface area contributed by atoms with E-state index in [1.165, 1.54) is 5.57 Å². The third kappa shape index (κ3) is 4.03. The third-order valence-electron chi connectivity index (χ3n) is 2.74. The Balaban J connectivity index is 1.94.